The summed E-state index contributed by atoms with van der Waals surface area (Å²) in [5, 5.41) is 6.57. The van der Waals surface area contributed by atoms with E-state index in [9.17, 15) is 9.59 Å². The van der Waals surface area contributed by atoms with Gasteiger partial charge in [-0.25, -0.2) is 4.79 Å². The van der Waals surface area contributed by atoms with Gasteiger partial charge in [0.15, 0.2) is 0 Å². The highest BCUT2D eigenvalue weighted by atomic mass is 32.1. The normalized spacial score (nSPS) is 22.0. The van der Waals surface area contributed by atoms with Gasteiger partial charge in [-0.3, -0.25) is 4.79 Å². The Kier molecular flexibility index (Phi) is 5.89. The zero-order chi connectivity index (χ0) is 19.6. The smallest absolute Gasteiger partial charge is 0.409 e. The van der Waals surface area contributed by atoms with Gasteiger partial charge in [-0.15, -0.1) is 11.3 Å². The first-order chi connectivity index (χ1) is 13.6. The summed E-state index contributed by atoms with van der Waals surface area (Å²) in [6, 6.07) is 2.16. The maximum Gasteiger partial charge on any atom is 0.409 e. The molecule has 0 atom stereocenters. The van der Waals surface area contributed by atoms with E-state index in [1.807, 2.05) is 6.92 Å². The first-order valence-corrected chi connectivity index (χ1v) is 11.1. The van der Waals surface area contributed by atoms with Gasteiger partial charge in [0, 0.05) is 24.0 Å². The van der Waals surface area contributed by atoms with Crippen molar-refractivity contribution in [1.82, 2.24) is 15.5 Å². The minimum absolute atomic E-state index is 0.00179. The number of hydrogen-bond acceptors (Lipinski definition) is 6. The van der Waals surface area contributed by atoms with Crippen LogP contribution >= 0.6 is 11.3 Å². The van der Waals surface area contributed by atoms with Gasteiger partial charge in [0.25, 0.3) is 5.91 Å². The monoisotopic (exact) mass is 407 g/mol. The third-order valence-electron chi connectivity index (χ3n) is 5.96. The number of amides is 2. The summed E-state index contributed by atoms with van der Waals surface area (Å²) in [5.74, 6) is -0.00179. The molecule has 2 amide bonds. The average Bonchev–Trinajstić information content (AvgIpc) is 3.16. The third-order valence-corrected chi connectivity index (χ3v) is 7.33. The third kappa shape index (κ3) is 3.90. The lowest BCUT2D eigenvalue weighted by molar-refractivity contribution is -0.0771. The fraction of sp³-hybridized carbons (Fsp3) is 0.700. The Bertz CT molecular complexity index is 721. The number of carbonyl (C=O) groups excluding carboxylic acids is 2. The van der Waals surface area contributed by atoms with Crippen molar-refractivity contribution in [2.24, 2.45) is 0 Å². The van der Waals surface area contributed by atoms with E-state index in [0.717, 1.165) is 56.7 Å². The lowest BCUT2D eigenvalue weighted by Crippen LogP contribution is -2.46. The van der Waals surface area contributed by atoms with Gasteiger partial charge >= 0.3 is 6.09 Å². The van der Waals surface area contributed by atoms with Crippen molar-refractivity contribution in [2.45, 2.75) is 50.7 Å². The van der Waals surface area contributed by atoms with Crippen molar-refractivity contribution in [3.05, 3.63) is 21.4 Å². The predicted octanol–water partition coefficient (Wildman–Crippen LogP) is 2.25. The van der Waals surface area contributed by atoms with Crippen molar-refractivity contribution in [2.75, 3.05) is 39.4 Å². The molecule has 2 N–H and O–H groups in total. The Labute approximate surface area is 169 Å². The molecule has 0 unspecified atom stereocenters. The van der Waals surface area contributed by atoms with Crippen LogP contribution in [0, 0.1) is 0 Å². The van der Waals surface area contributed by atoms with Gasteiger partial charge in [-0.2, -0.15) is 0 Å². The zero-order valence-corrected chi connectivity index (χ0v) is 17.2. The van der Waals surface area contributed by atoms with Crippen molar-refractivity contribution >= 4 is 23.3 Å². The Morgan fingerprint density at radius 1 is 1.36 bits per heavy atom. The van der Waals surface area contributed by atoms with E-state index >= 15 is 0 Å². The number of thiophene rings is 1. The standard InChI is InChI=1S/C20H29N3O4S/c1-2-26-19(25)23-10-3-15(4-11-23)22-18(24)16-13-14-5-12-27-20(17(14)28-16)6-8-21-9-7-20/h13,15,21H,2-12H2,1H3,(H,22,24). The Hall–Kier alpha value is -1.64. The fourth-order valence-corrected chi connectivity index (χ4v) is 5.73. The maximum atomic E-state index is 12.9. The molecule has 0 bridgehead atoms. The fourth-order valence-electron chi connectivity index (χ4n) is 4.41. The Morgan fingerprint density at radius 3 is 2.82 bits per heavy atom. The molecule has 1 spiro atoms. The van der Waals surface area contributed by atoms with E-state index in [1.54, 1.807) is 16.2 Å². The molecule has 2 fully saturated rings. The first kappa shape index (κ1) is 19.7. The molecule has 4 heterocycles. The van der Waals surface area contributed by atoms with Crippen LogP contribution in [-0.2, 0) is 21.5 Å². The number of likely N-dealkylation sites (tertiary alicyclic amines) is 1. The van der Waals surface area contributed by atoms with Gasteiger partial charge in [-0.05, 0) is 63.7 Å². The molecule has 3 aliphatic heterocycles. The van der Waals surface area contributed by atoms with E-state index in [2.05, 4.69) is 16.7 Å². The molecule has 3 aliphatic rings. The highest BCUT2D eigenvalue weighted by molar-refractivity contribution is 7.14. The molecule has 1 aromatic rings. The minimum Gasteiger partial charge on any atom is -0.450 e. The van der Waals surface area contributed by atoms with Gasteiger partial charge in [0.1, 0.15) is 5.60 Å². The summed E-state index contributed by atoms with van der Waals surface area (Å²) in [7, 11) is 0. The first-order valence-electron chi connectivity index (χ1n) is 10.3. The van der Waals surface area contributed by atoms with E-state index < -0.39 is 0 Å². The second-order valence-corrected chi connectivity index (χ2v) is 8.79. The van der Waals surface area contributed by atoms with Crippen LogP contribution in [0.15, 0.2) is 6.07 Å². The van der Waals surface area contributed by atoms with Crippen LogP contribution in [-0.4, -0.2) is 62.3 Å². The zero-order valence-electron chi connectivity index (χ0n) is 16.4. The van der Waals surface area contributed by atoms with Crippen molar-refractivity contribution in [3.8, 4) is 0 Å². The van der Waals surface area contributed by atoms with Crippen molar-refractivity contribution in [1.29, 1.82) is 0 Å². The number of carbonyl (C=O) groups is 2. The number of fused-ring (bicyclic) bond motifs is 2. The summed E-state index contributed by atoms with van der Waals surface area (Å²) >= 11 is 1.60. The Morgan fingerprint density at radius 2 is 2.11 bits per heavy atom. The van der Waals surface area contributed by atoms with Crippen LogP contribution in [0.3, 0.4) is 0 Å². The molecule has 8 heteroatoms. The number of hydrogen-bond donors (Lipinski definition) is 2. The van der Waals surface area contributed by atoms with Crippen LogP contribution in [0.25, 0.3) is 0 Å². The van der Waals surface area contributed by atoms with Gasteiger partial charge in [-0.1, -0.05) is 0 Å². The number of nitrogens with zero attached hydrogens (tertiary/aromatic N) is 1. The second kappa shape index (κ2) is 8.39. The summed E-state index contributed by atoms with van der Waals surface area (Å²) in [6.45, 7) is 6.08. The summed E-state index contributed by atoms with van der Waals surface area (Å²) in [6.07, 6.45) is 4.07. The Balaban J connectivity index is 1.38. The van der Waals surface area contributed by atoms with Gasteiger partial charge < -0.3 is 25.0 Å². The molecule has 0 aromatic carbocycles. The molecular formula is C20H29N3O4S. The van der Waals surface area contributed by atoms with E-state index in [-0.39, 0.29) is 23.6 Å². The number of rotatable bonds is 3. The number of nitrogens with one attached hydrogen (secondary N) is 2. The van der Waals surface area contributed by atoms with Crippen molar-refractivity contribution in [3.63, 3.8) is 0 Å². The molecule has 154 valence electrons. The molecule has 0 aliphatic carbocycles. The van der Waals surface area contributed by atoms with Crippen molar-refractivity contribution < 1.29 is 19.1 Å². The van der Waals surface area contributed by atoms with E-state index in [1.165, 1.54) is 10.4 Å². The summed E-state index contributed by atoms with van der Waals surface area (Å²) < 4.78 is 11.3. The van der Waals surface area contributed by atoms with E-state index in [0.29, 0.717) is 19.7 Å². The largest absolute Gasteiger partial charge is 0.450 e. The molecule has 2 saturated heterocycles. The topological polar surface area (TPSA) is 79.9 Å². The minimum atomic E-state index is -0.259. The lowest BCUT2D eigenvalue weighted by Gasteiger charge is -2.40. The van der Waals surface area contributed by atoms with Crippen LogP contribution in [0.4, 0.5) is 4.79 Å². The van der Waals surface area contributed by atoms with Gasteiger partial charge in [0.05, 0.1) is 18.1 Å². The highest BCUT2D eigenvalue weighted by Crippen LogP contribution is 2.44. The second-order valence-electron chi connectivity index (χ2n) is 7.74. The van der Waals surface area contributed by atoms with Gasteiger partial charge in [0.2, 0.25) is 0 Å². The average molecular weight is 408 g/mol. The molecular weight excluding hydrogens is 378 g/mol. The highest BCUT2D eigenvalue weighted by Gasteiger charge is 2.41. The lowest BCUT2D eigenvalue weighted by atomic mass is 9.86. The number of ether oxygens (including phenoxy) is 2. The molecule has 7 nitrogen and oxygen atoms in total. The van der Waals surface area contributed by atoms with Crippen LogP contribution in [0.2, 0.25) is 0 Å². The van der Waals surface area contributed by atoms with Crippen LogP contribution in [0.1, 0.15) is 52.7 Å². The number of piperidine rings is 2. The molecule has 0 saturated carbocycles. The molecule has 1 aromatic heterocycles. The molecule has 0 radical (unpaired) electrons. The molecule has 4 rings (SSSR count). The SMILES string of the molecule is CCOC(=O)N1CCC(NC(=O)c2cc3c(s2)C2(CCNCC2)OCC3)CC1. The van der Waals surface area contributed by atoms with Crippen LogP contribution < -0.4 is 10.6 Å². The van der Waals surface area contributed by atoms with E-state index in [4.69, 9.17) is 9.47 Å². The van der Waals surface area contributed by atoms with Crippen LogP contribution in [0.5, 0.6) is 0 Å². The maximum absolute atomic E-state index is 12.9. The predicted molar refractivity (Wildman–Crippen MR) is 107 cm³/mol. The quantitative estimate of drug-likeness (QED) is 0.803. The summed E-state index contributed by atoms with van der Waals surface area (Å²) in [5.41, 5.74) is 1.08. The molecule has 28 heavy (non-hydrogen) atoms. The summed E-state index contributed by atoms with van der Waals surface area (Å²) in [4.78, 5) is 28.4.